The van der Waals surface area contributed by atoms with Gasteiger partial charge in [0.2, 0.25) is 0 Å². The van der Waals surface area contributed by atoms with Crippen molar-refractivity contribution in [1.82, 2.24) is 0 Å². The molecular weight excluding hydrogens is 76.1 g/mol. The average molecular weight is 85.1 g/mol. The summed E-state index contributed by atoms with van der Waals surface area (Å²) in [5, 5.41) is 0. The molecule has 0 bridgehead atoms. The lowest BCUT2D eigenvalue weighted by atomic mass is 10.7. The SMILES string of the molecule is [CH2]COCC=C. The van der Waals surface area contributed by atoms with Gasteiger partial charge < -0.3 is 4.74 Å². The summed E-state index contributed by atoms with van der Waals surface area (Å²) >= 11 is 0. The molecule has 1 nitrogen and oxygen atoms in total. The molecule has 0 spiro atoms. The molecule has 0 aliphatic rings. The van der Waals surface area contributed by atoms with Crippen LogP contribution in [0.5, 0.6) is 0 Å². The van der Waals surface area contributed by atoms with Crippen molar-refractivity contribution in [2.24, 2.45) is 0 Å². The van der Waals surface area contributed by atoms with E-state index >= 15 is 0 Å². The first kappa shape index (κ1) is 5.70. The lowest BCUT2D eigenvalue weighted by Gasteiger charge is -1.88. The highest BCUT2D eigenvalue weighted by Crippen LogP contribution is 1.68. The number of rotatable bonds is 3. The van der Waals surface area contributed by atoms with Crippen LogP contribution >= 0.6 is 0 Å². The fourth-order valence-electron chi connectivity index (χ4n) is 0.167. The highest BCUT2D eigenvalue weighted by Gasteiger charge is 1.67. The largest absolute Gasteiger partial charge is 0.377 e. The Morgan fingerprint density at radius 3 is 2.50 bits per heavy atom. The van der Waals surface area contributed by atoms with Gasteiger partial charge in [0, 0.05) is 6.61 Å². The molecule has 35 valence electrons. The van der Waals surface area contributed by atoms with Crippen molar-refractivity contribution in [2.45, 2.75) is 0 Å². The lowest BCUT2D eigenvalue weighted by molar-refractivity contribution is 0.192. The van der Waals surface area contributed by atoms with Gasteiger partial charge in [0.15, 0.2) is 0 Å². The van der Waals surface area contributed by atoms with Crippen LogP contribution < -0.4 is 0 Å². The molecule has 0 saturated carbocycles. The van der Waals surface area contributed by atoms with Gasteiger partial charge in [-0.3, -0.25) is 0 Å². The van der Waals surface area contributed by atoms with Gasteiger partial charge in [-0.05, 0) is 6.92 Å². The van der Waals surface area contributed by atoms with Crippen LogP contribution in [-0.4, -0.2) is 13.2 Å². The van der Waals surface area contributed by atoms with Gasteiger partial charge in [-0.15, -0.1) is 6.58 Å². The summed E-state index contributed by atoms with van der Waals surface area (Å²) < 4.78 is 4.75. The van der Waals surface area contributed by atoms with Gasteiger partial charge in [0.1, 0.15) is 0 Å². The third-order valence-corrected chi connectivity index (χ3v) is 0.380. The highest BCUT2D eigenvalue weighted by molar-refractivity contribution is 4.63. The zero-order valence-electron chi connectivity index (χ0n) is 3.81. The van der Waals surface area contributed by atoms with E-state index in [4.69, 9.17) is 4.74 Å². The van der Waals surface area contributed by atoms with Crippen molar-refractivity contribution in [1.29, 1.82) is 0 Å². The van der Waals surface area contributed by atoms with E-state index in [0.29, 0.717) is 13.2 Å². The van der Waals surface area contributed by atoms with Crippen LogP contribution in [0.3, 0.4) is 0 Å². The Labute approximate surface area is 38.6 Å². The molecule has 0 rings (SSSR count). The molecule has 0 heterocycles. The van der Waals surface area contributed by atoms with Crippen LogP contribution in [0.25, 0.3) is 0 Å². The molecule has 0 amide bonds. The Morgan fingerprint density at radius 2 is 2.33 bits per heavy atom. The molecule has 0 atom stereocenters. The van der Waals surface area contributed by atoms with E-state index in [1.165, 1.54) is 0 Å². The minimum Gasteiger partial charge on any atom is -0.377 e. The number of hydrogen-bond donors (Lipinski definition) is 0. The summed E-state index contributed by atoms with van der Waals surface area (Å²) in [5.74, 6) is 0. The van der Waals surface area contributed by atoms with E-state index < -0.39 is 0 Å². The van der Waals surface area contributed by atoms with E-state index in [-0.39, 0.29) is 0 Å². The molecule has 0 aliphatic heterocycles. The molecule has 0 N–H and O–H groups in total. The molecular formula is C5H9O. The Bertz CT molecular complexity index is 32.9. The molecule has 0 aliphatic carbocycles. The quantitative estimate of drug-likeness (QED) is 0.367. The smallest absolute Gasteiger partial charge is 0.0644 e. The van der Waals surface area contributed by atoms with Crippen LogP contribution in [0.2, 0.25) is 0 Å². The second-order valence-electron chi connectivity index (χ2n) is 0.864. The predicted octanol–water partition coefficient (Wildman–Crippen LogP) is 1.02. The maximum Gasteiger partial charge on any atom is 0.0644 e. The van der Waals surface area contributed by atoms with E-state index in [9.17, 15) is 0 Å². The van der Waals surface area contributed by atoms with Crippen LogP contribution in [0.1, 0.15) is 0 Å². The Kier molecular flexibility index (Phi) is 4.46. The van der Waals surface area contributed by atoms with Crippen LogP contribution in [-0.2, 0) is 4.74 Å². The third kappa shape index (κ3) is 3.70. The second kappa shape index (κ2) is 4.70. The fraction of sp³-hybridized carbons (Fsp3) is 0.400. The molecule has 0 aromatic heterocycles. The Morgan fingerprint density at radius 1 is 1.67 bits per heavy atom. The van der Waals surface area contributed by atoms with Crippen LogP contribution in [0, 0.1) is 6.92 Å². The summed E-state index contributed by atoms with van der Waals surface area (Å²) in [6.07, 6.45) is 1.70. The summed E-state index contributed by atoms with van der Waals surface area (Å²) in [4.78, 5) is 0. The standard InChI is InChI=1S/C5H9O/c1-3-5-6-4-2/h3H,1-2,4-5H2. The monoisotopic (exact) mass is 85.1 g/mol. The molecule has 0 saturated heterocycles. The van der Waals surface area contributed by atoms with Crippen molar-refractivity contribution in [3.8, 4) is 0 Å². The summed E-state index contributed by atoms with van der Waals surface area (Å²) in [7, 11) is 0. The maximum atomic E-state index is 4.75. The minimum atomic E-state index is 0.534. The average Bonchev–Trinajstić information content (AvgIpc) is 1.61. The van der Waals surface area contributed by atoms with Crippen molar-refractivity contribution >= 4 is 0 Å². The molecule has 0 unspecified atom stereocenters. The molecule has 0 aromatic carbocycles. The Balaban J connectivity index is 2.49. The van der Waals surface area contributed by atoms with Gasteiger partial charge in [0.25, 0.3) is 0 Å². The Hall–Kier alpha value is -0.300. The van der Waals surface area contributed by atoms with Crippen molar-refractivity contribution < 1.29 is 4.74 Å². The fourth-order valence-corrected chi connectivity index (χ4v) is 0.167. The zero-order chi connectivity index (χ0) is 4.83. The molecule has 1 radical (unpaired) electrons. The number of hydrogen-bond acceptors (Lipinski definition) is 1. The van der Waals surface area contributed by atoms with Crippen LogP contribution in [0.4, 0.5) is 0 Å². The highest BCUT2D eigenvalue weighted by atomic mass is 16.5. The zero-order valence-corrected chi connectivity index (χ0v) is 3.81. The predicted molar refractivity (Wildman–Crippen MR) is 26.4 cm³/mol. The van der Waals surface area contributed by atoms with E-state index in [1.807, 2.05) is 0 Å². The van der Waals surface area contributed by atoms with Gasteiger partial charge in [-0.2, -0.15) is 0 Å². The van der Waals surface area contributed by atoms with Crippen molar-refractivity contribution in [3.63, 3.8) is 0 Å². The maximum absolute atomic E-state index is 4.75. The van der Waals surface area contributed by atoms with Gasteiger partial charge in [-0.1, -0.05) is 6.08 Å². The van der Waals surface area contributed by atoms with Crippen molar-refractivity contribution in [2.75, 3.05) is 13.2 Å². The third-order valence-electron chi connectivity index (χ3n) is 0.380. The van der Waals surface area contributed by atoms with E-state index in [0.717, 1.165) is 0 Å². The number of ether oxygens (including phenoxy) is 1. The van der Waals surface area contributed by atoms with E-state index in [2.05, 4.69) is 13.5 Å². The molecule has 0 aromatic rings. The summed E-state index contributed by atoms with van der Waals surface area (Å²) in [5.41, 5.74) is 0. The van der Waals surface area contributed by atoms with Gasteiger partial charge >= 0.3 is 0 Å². The minimum absolute atomic E-state index is 0.534. The molecule has 6 heavy (non-hydrogen) atoms. The summed E-state index contributed by atoms with van der Waals surface area (Å²) in [6.45, 7) is 8.05. The van der Waals surface area contributed by atoms with E-state index in [1.54, 1.807) is 6.08 Å². The molecule has 1 heteroatoms. The van der Waals surface area contributed by atoms with Crippen LogP contribution in [0.15, 0.2) is 12.7 Å². The molecule has 0 fully saturated rings. The van der Waals surface area contributed by atoms with Crippen molar-refractivity contribution in [3.05, 3.63) is 19.6 Å². The first-order valence-electron chi connectivity index (χ1n) is 1.89. The summed E-state index contributed by atoms with van der Waals surface area (Å²) in [6, 6.07) is 0. The topological polar surface area (TPSA) is 9.23 Å². The lowest BCUT2D eigenvalue weighted by Crippen LogP contribution is -1.86. The second-order valence-corrected chi connectivity index (χ2v) is 0.864. The first-order valence-corrected chi connectivity index (χ1v) is 1.89. The first-order chi connectivity index (χ1) is 2.91. The normalized spacial score (nSPS) is 8.17. The van der Waals surface area contributed by atoms with Gasteiger partial charge in [-0.25, -0.2) is 0 Å². The van der Waals surface area contributed by atoms with Gasteiger partial charge in [0.05, 0.1) is 6.61 Å².